The van der Waals surface area contributed by atoms with Crippen molar-refractivity contribution in [1.82, 2.24) is 15.3 Å². The SMILES string of the molecule is CNc1ncc(CN[C@@H](C(=O)O)[C@H](C)O)cn1. The molecule has 2 atom stereocenters. The lowest BCUT2D eigenvalue weighted by Gasteiger charge is -2.16. The van der Waals surface area contributed by atoms with Gasteiger partial charge in [0.25, 0.3) is 0 Å². The van der Waals surface area contributed by atoms with Gasteiger partial charge in [0.1, 0.15) is 6.04 Å². The van der Waals surface area contributed by atoms with Crippen molar-refractivity contribution in [2.24, 2.45) is 0 Å². The number of anilines is 1. The molecule has 0 radical (unpaired) electrons. The molecule has 7 heteroatoms. The Hall–Kier alpha value is -1.73. The van der Waals surface area contributed by atoms with Crippen LogP contribution in [0.3, 0.4) is 0 Å². The van der Waals surface area contributed by atoms with Gasteiger partial charge >= 0.3 is 5.97 Å². The van der Waals surface area contributed by atoms with Gasteiger partial charge in [-0.05, 0) is 6.92 Å². The molecule has 4 N–H and O–H groups in total. The van der Waals surface area contributed by atoms with E-state index in [2.05, 4.69) is 20.6 Å². The summed E-state index contributed by atoms with van der Waals surface area (Å²) in [5.41, 5.74) is 0.746. The van der Waals surface area contributed by atoms with Gasteiger partial charge in [-0.2, -0.15) is 0 Å². The van der Waals surface area contributed by atoms with Gasteiger partial charge < -0.3 is 15.5 Å². The highest BCUT2D eigenvalue weighted by molar-refractivity contribution is 5.74. The van der Waals surface area contributed by atoms with E-state index in [1.54, 1.807) is 19.4 Å². The van der Waals surface area contributed by atoms with Gasteiger partial charge in [0.05, 0.1) is 6.10 Å². The number of nitrogens with zero attached hydrogens (tertiary/aromatic N) is 2. The van der Waals surface area contributed by atoms with Crippen LogP contribution in [0.15, 0.2) is 12.4 Å². The number of hydrogen-bond acceptors (Lipinski definition) is 6. The molecule has 0 aliphatic heterocycles. The smallest absolute Gasteiger partial charge is 0.323 e. The van der Waals surface area contributed by atoms with Crippen LogP contribution in [-0.4, -0.2) is 45.3 Å². The predicted octanol–water partition coefficient (Wildman–Crippen LogP) is -0.558. The van der Waals surface area contributed by atoms with Crippen LogP contribution in [0.2, 0.25) is 0 Å². The van der Waals surface area contributed by atoms with Gasteiger partial charge in [-0.1, -0.05) is 0 Å². The van der Waals surface area contributed by atoms with Gasteiger partial charge in [0, 0.05) is 31.5 Å². The Labute approximate surface area is 98.9 Å². The van der Waals surface area contributed by atoms with Gasteiger partial charge in [-0.15, -0.1) is 0 Å². The number of carbonyl (C=O) groups is 1. The second-order valence-electron chi connectivity index (χ2n) is 3.60. The van der Waals surface area contributed by atoms with Crippen molar-refractivity contribution >= 4 is 11.9 Å². The molecule has 94 valence electrons. The topological polar surface area (TPSA) is 107 Å². The fourth-order valence-corrected chi connectivity index (χ4v) is 1.27. The summed E-state index contributed by atoms with van der Waals surface area (Å²) in [5, 5.41) is 23.6. The van der Waals surface area contributed by atoms with Crippen molar-refractivity contribution in [3.05, 3.63) is 18.0 Å². The Morgan fingerprint density at radius 2 is 2.06 bits per heavy atom. The molecule has 0 aromatic carbocycles. The Morgan fingerprint density at radius 3 is 2.47 bits per heavy atom. The normalized spacial score (nSPS) is 14.1. The second-order valence-corrected chi connectivity index (χ2v) is 3.60. The molecule has 0 spiro atoms. The third-order valence-corrected chi connectivity index (χ3v) is 2.20. The molecule has 0 saturated carbocycles. The molecule has 0 unspecified atom stereocenters. The number of rotatable bonds is 6. The molecule has 7 nitrogen and oxygen atoms in total. The summed E-state index contributed by atoms with van der Waals surface area (Å²) < 4.78 is 0. The standard InChI is InChI=1S/C10H16N4O3/c1-6(15)8(9(16)17)12-3-7-4-13-10(11-2)14-5-7/h4-6,8,12,15H,3H2,1-2H3,(H,16,17)(H,11,13,14)/t6-,8+/m0/s1. The quantitative estimate of drug-likeness (QED) is 0.528. The summed E-state index contributed by atoms with van der Waals surface area (Å²) >= 11 is 0. The molecule has 0 bridgehead atoms. The summed E-state index contributed by atoms with van der Waals surface area (Å²) in [6.45, 7) is 1.71. The van der Waals surface area contributed by atoms with E-state index in [4.69, 9.17) is 5.11 Å². The van der Waals surface area contributed by atoms with Crippen LogP contribution >= 0.6 is 0 Å². The molecule has 0 saturated heterocycles. The van der Waals surface area contributed by atoms with Gasteiger partial charge in [-0.3, -0.25) is 10.1 Å². The average Bonchev–Trinajstić information content (AvgIpc) is 2.29. The van der Waals surface area contributed by atoms with E-state index >= 15 is 0 Å². The molecule has 1 heterocycles. The van der Waals surface area contributed by atoms with Crippen LogP contribution in [-0.2, 0) is 11.3 Å². The highest BCUT2D eigenvalue weighted by atomic mass is 16.4. The average molecular weight is 240 g/mol. The number of aliphatic carboxylic acids is 1. The van der Waals surface area contributed by atoms with Crippen LogP contribution < -0.4 is 10.6 Å². The van der Waals surface area contributed by atoms with E-state index in [0.717, 1.165) is 5.56 Å². The highest BCUT2D eigenvalue weighted by Gasteiger charge is 2.21. The second kappa shape index (κ2) is 6.12. The van der Waals surface area contributed by atoms with Crippen LogP contribution in [0, 0.1) is 0 Å². The molecule has 0 fully saturated rings. The largest absolute Gasteiger partial charge is 0.480 e. The van der Waals surface area contributed by atoms with Crippen LogP contribution in [0.1, 0.15) is 12.5 Å². The number of carboxylic acid groups (broad SMARTS) is 1. The van der Waals surface area contributed by atoms with Crippen LogP contribution in [0.4, 0.5) is 5.95 Å². The first-order valence-corrected chi connectivity index (χ1v) is 5.17. The van der Waals surface area contributed by atoms with E-state index in [1.807, 2.05) is 0 Å². The van der Waals surface area contributed by atoms with Gasteiger partial charge in [0.15, 0.2) is 0 Å². The van der Waals surface area contributed by atoms with Crippen molar-refractivity contribution in [1.29, 1.82) is 0 Å². The van der Waals surface area contributed by atoms with E-state index in [1.165, 1.54) is 6.92 Å². The minimum Gasteiger partial charge on any atom is -0.480 e. The minimum atomic E-state index is -1.09. The first-order valence-electron chi connectivity index (χ1n) is 5.17. The molecule has 1 aromatic rings. The number of nitrogens with one attached hydrogen (secondary N) is 2. The molecule has 1 aromatic heterocycles. The van der Waals surface area contributed by atoms with Crippen molar-refractivity contribution in [2.45, 2.75) is 25.6 Å². The molecular weight excluding hydrogens is 224 g/mol. The zero-order chi connectivity index (χ0) is 12.8. The van der Waals surface area contributed by atoms with Crippen molar-refractivity contribution in [2.75, 3.05) is 12.4 Å². The third kappa shape index (κ3) is 3.97. The number of carboxylic acids is 1. The summed E-state index contributed by atoms with van der Waals surface area (Å²) in [5.74, 6) is -0.591. The summed E-state index contributed by atoms with van der Waals surface area (Å²) in [6, 6.07) is -1.00. The first-order chi connectivity index (χ1) is 8.04. The third-order valence-electron chi connectivity index (χ3n) is 2.20. The number of aromatic nitrogens is 2. The molecule has 0 amide bonds. The predicted molar refractivity (Wildman–Crippen MR) is 61.5 cm³/mol. The maximum atomic E-state index is 10.8. The fraction of sp³-hybridized carbons (Fsp3) is 0.500. The lowest BCUT2D eigenvalue weighted by molar-refractivity contribution is -0.142. The van der Waals surface area contributed by atoms with Crippen molar-refractivity contribution < 1.29 is 15.0 Å². The first kappa shape index (κ1) is 13.3. The lowest BCUT2D eigenvalue weighted by Crippen LogP contribution is -2.44. The van der Waals surface area contributed by atoms with E-state index in [9.17, 15) is 9.90 Å². The Kier molecular flexibility index (Phi) is 4.80. The number of aliphatic hydroxyl groups excluding tert-OH is 1. The highest BCUT2D eigenvalue weighted by Crippen LogP contribution is 2.01. The zero-order valence-corrected chi connectivity index (χ0v) is 9.71. The van der Waals surface area contributed by atoms with Crippen LogP contribution in [0.25, 0.3) is 0 Å². The molecule has 1 rings (SSSR count). The minimum absolute atomic E-state index is 0.284. The summed E-state index contributed by atoms with van der Waals surface area (Å²) in [7, 11) is 1.71. The van der Waals surface area contributed by atoms with E-state index in [-0.39, 0.29) is 6.54 Å². The van der Waals surface area contributed by atoms with Crippen molar-refractivity contribution in [3.63, 3.8) is 0 Å². The maximum Gasteiger partial charge on any atom is 0.323 e. The number of hydrogen-bond donors (Lipinski definition) is 4. The lowest BCUT2D eigenvalue weighted by atomic mass is 10.2. The molecule has 0 aliphatic carbocycles. The molecule has 0 aliphatic rings. The Bertz CT molecular complexity index is 366. The fourth-order valence-electron chi connectivity index (χ4n) is 1.27. The Morgan fingerprint density at radius 1 is 1.47 bits per heavy atom. The number of aliphatic hydroxyl groups is 1. The maximum absolute atomic E-state index is 10.8. The van der Waals surface area contributed by atoms with Gasteiger partial charge in [0.2, 0.25) is 5.95 Å². The molecular formula is C10H16N4O3. The van der Waals surface area contributed by atoms with E-state index < -0.39 is 18.1 Å². The summed E-state index contributed by atoms with van der Waals surface area (Å²) in [6.07, 6.45) is 2.21. The Balaban J connectivity index is 2.56. The zero-order valence-electron chi connectivity index (χ0n) is 9.71. The molecule has 17 heavy (non-hydrogen) atoms. The van der Waals surface area contributed by atoms with Gasteiger partial charge in [-0.25, -0.2) is 9.97 Å². The van der Waals surface area contributed by atoms with E-state index in [0.29, 0.717) is 5.95 Å². The van der Waals surface area contributed by atoms with Crippen molar-refractivity contribution in [3.8, 4) is 0 Å². The monoisotopic (exact) mass is 240 g/mol. The summed E-state index contributed by atoms with van der Waals surface area (Å²) in [4.78, 5) is 18.8. The van der Waals surface area contributed by atoms with Crippen LogP contribution in [0.5, 0.6) is 0 Å².